The van der Waals surface area contributed by atoms with Gasteiger partial charge in [0.25, 0.3) is 0 Å². The number of piperidine rings is 1. The van der Waals surface area contributed by atoms with Crippen molar-refractivity contribution in [3.05, 3.63) is 108 Å². The lowest BCUT2D eigenvalue weighted by Crippen LogP contribution is -2.57. The average molecular weight is 695 g/mol. The van der Waals surface area contributed by atoms with Crippen LogP contribution in [0, 0.1) is 13.8 Å². The number of nitrogens with zero attached hydrogens (tertiary/aromatic N) is 3. The zero-order chi connectivity index (χ0) is 38.4. The predicted octanol–water partition coefficient (Wildman–Crippen LogP) is 8.60. The molecule has 5 rings (SSSR count). The van der Waals surface area contributed by atoms with Crippen molar-refractivity contribution < 1.29 is 15.3 Å². The molecule has 0 bridgehead atoms. The van der Waals surface area contributed by atoms with Gasteiger partial charge in [-0.2, -0.15) is 0 Å². The number of hydrogen-bond donors (Lipinski definition) is 4. The Kier molecular flexibility index (Phi) is 24.2. The van der Waals surface area contributed by atoms with E-state index in [-0.39, 0.29) is 0 Å². The molecule has 2 heterocycles. The Bertz CT molecular complexity index is 1220. The number of likely N-dealkylation sites (tertiary alicyclic amines) is 1. The topological polar surface area (TPSA) is 82.4 Å². The highest BCUT2D eigenvalue weighted by atomic mass is 16.3. The zero-order valence-corrected chi connectivity index (χ0v) is 33.6. The number of nitrogens with one attached hydrogen (secondary N) is 1. The lowest BCUT2D eigenvalue weighted by Gasteiger charge is -2.48. The molecular formula is C43H74N4O3. The standard InChI is InChI=1S/C25H39N3O.C9H13NO.C4H8.C2H6.C2H4.CH4O/c1-6-23-18-27(21(5)25(29)7-2)14-15-28(23)24-10-12-26(13-11-24)17-22-9-8-19(3)16-20(22)4;1-5-6(2)9(11)8(5)10-7-3-4-7;1-3-4-2;3*1-2/h7-9,16,23-24,29H,5-6,10-15,17-18H2,1-4H3;7,9-11H,2-4H2,1H3;3-4H,1-2H3;1-2H3;1-2H2;2H,1H3/b25-7+;;4-3+;;;. The minimum atomic E-state index is -0.407. The van der Waals surface area contributed by atoms with Crippen LogP contribution in [0.25, 0.3) is 0 Å². The number of hydrogen-bond acceptors (Lipinski definition) is 7. The first-order valence-electron chi connectivity index (χ1n) is 18.7. The Hall–Kier alpha value is -3.10. The van der Waals surface area contributed by atoms with Gasteiger partial charge in [0.05, 0.1) is 5.70 Å². The molecule has 0 aromatic heterocycles. The molecule has 7 heteroatoms. The number of aliphatic hydroxyl groups is 3. The predicted molar refractivity (Wildman–Crippen MR) is 217 cm³/mol. The molecule has 4 aliphatic rings. The smallest absolute Gasteiger partial charge is 0.134 e. The van der Waals surface area contributed by atoms with Crippen LogP contribution < -0.4 is 5.32 Å². The number of benzene rings is 1. The van der Waals surface area contributed by atoms with Gasteiger partial charge >= 0.3 is 0 Å². The largest absolute Gasteiger partial charge is 0.506 e. The Balaban J connectivity index is 0.000000937. The first-order valence-corrected chi connectivity index (χ1v) is 18.7. The quantitative estimate of drug-likeness (QED) is 0.123. The monoisotopic (exact) mass is 695 g/mol. The van der Waals surface area contributed by atoms with Crippen LogP contribution in [0.2, 0.25) is 0 Å². The van der Waals surface area contributed by atoms with Gasteiger partial charge in [0.2, 0.25) is 0 Å². The summed E-state index contributed by atoms with van der Waals surface area (Å²) in [5.41, 5.74) is 8.01. The molecule has 2 aliphatic heterocycles. The second-order valence-electron chi connectivity index (χ2n) is 12.9. The molecule has 0 amide bonds. The van der Waals surface area contributed by atoms with E-state index in [0.29, 0.717) is 23.9 Å². The molecule has 284 valence electrons. The van der Waals surface area contributed by atoms with E-state index in [1.807, 2.05) is 53.7 Å². The van der Waals surface area contributed by atoms with Crippen molar-refractivity contribution in [1.29, 1.82) is 0 Å². The van der Waals surface area contributed by atoms with Crippen molar-refractivity contribution in [2.45, 2.75) is 125 Å². The van der Waals surface area contributed by atoms with Gasteiger partial charge in [0, 0.05) is 57.1 Å². The highest BCUT2D eigenvalue weighted by Crippen LogP contribution is 2.33. The van der Waals surface area contributed by atoms with Crippen LogP contribution in [0.3, 0.4) is 0 Å². The van der Waals surface area contributed by atoms with Crippen LogP contribution in [0.1, 0.15) is 97.3 Å². The Morgan fingerprint density at radius 2 is 1.52 bits per heavy atom. The Labute approximate surface area is 307 Å². The van der Waals surface area contributed by atoms with Crippen LogP contribution >= 0.6 is 0 Å². The van der Waals surface area contributed by atoms with Crippen molar-refractivity contribution >= 4 is 0 Å². The van der Waals surface area contributed by atoms with Gasteiger partial charge in [-0.25, -0.2) is 0 Å². The normalized spacial score (nSPS) is 21.0. The number of aryl methyl sites for hydroxylation is 2. The van der Waals surface area contributed by atoms with Crippen molar-refractivity contribution in [2.24, 2.45) is 0 Å². The van der Waals surface area contributed by atoms with E-state index in [4.69, 9.17) is 5.11 Å². The van der Waals surface area contributed by atoms with Crippen molar-refractivity contribution in [3.8, 4) is 0 Å². The number of rotatable bonds is 8. The third kappa shape index (κ3) is 14.6. The fourth-order valence-electron chi connectivity index (χ4n) is 6.27. The van der Waals surface area contributed by atoms with E-state index in [1.54, 1.807) is 6.08 Å². The minimum Gasteiger partial charge on any atom is -0.506 e. The lowest BCUT2D eigenvalue weighted by molar-refractivity contribution is 0.0220. The third-order valence-corrected chi connectivity index (χ3v) is 9.63. The van der Waals surface area contributed by atoms with Gasteiger partial charge in [-0.05, 0) is 115 Å². The van der Waals surface area contributed by atoms with Crippen LogP contribution in [-0.2, 0) is 6.54 Å². The van der Waals surface area contributed by atoms with Gasteiger partial charge in [-0.15, -0.1) is 13.2 Å². The summed E-state index contributed by atoms with van der Waals surface area (Å²) in [4.78, 5) is 7.62. The maximum atomic E-state index is 10.0. The van der Waals surface area contributed by atoms with Crippen molar-refractivity contribution in [2.75, 3.05) is 39.8 Å². The molecular weight excluding hydrogens is 620 g/mol. The van der Waals surface area contributed by atoms with Crippen LogP contribution in [0.15, 0.2) is 91.0 Å². The van der Waals surface area contributed by atoms with E-state index in [9.17, 15) is 10.2 Å². The van der Waals surface area contributed by atoms with Gasteiger partial charge < -0.3 is 25.5 Å². The van der Waals surface area contributed by atoms with Gasteiger partial charge in [-0.3, -0.25) is 9.80 Å². The zero-order valence-electron chi connectivity index (χ0n) is 33.6. The van der Waals surface area contributed by atoms with Gasteiger partial charge in [-0.1, -0.05) is 69.8 Å². The number of piperazine rings is 1. The molecule has 1 saturated carbocycles. The van der Waals surface area contributed by atoms with Crippen LogP contribution in [0.4, 0.5) is 0 Å². The van der Waals surface area contributed by atoms with E-state index in [2.05, 4.69) is 85.3 Å². The molecule has 4 N–H and O–H groups in total. The van der Waals surface area contributed by atoms with Crippen molar-refractivity contribution in [3.63, 3.8) is 0 Å². The third-order valence-electron chi connectivity index (χ3n) is 9.63. The first kappa shape index (κ1) is 46.9. The molecule has 50 heavy (non-hydrogen) atoms. The molecule has 2 saturated heterocycles. The van der Waals surface area contributed by atoms with E-state index in [0.717, 1.165) is 62.2 Å². The van der Waals surface area contributed by atoms with E-state index < -0.39 is 6.10 Å². The number of aliphatic hydroxyl groups excluding tert-OH is 3. The summed E-state index contributed by atoms with van der Waals surface area (Å²) in [7, 11) is 1.00. The van der Waals surface area contributed by atoms with Crippen molar-refractivity contribution in [1.82, 2.24) is 20.0 Å². The summed E-state index contributed by atoms with van der Waals surface area (Å²) in [6.07, 6.45) is 11.5. The molecule has 0 radical (unpaired) electrons. The molecule has 2 atom stereocenters. The lowest BCUT2D eigenvalue weighted by atomic mass is 9.87. The van der Waals surface area contributed by atoms with E-state index >= 15 is 0 Å². The Morgan fingerprint density at radius 1 is 0.940 bits per heavy atom. The maximum Gasteiger partial charge on any atom is 0.134 e. The molecule has 7 nitrogen and oxygen atoms in total. The molecule has 1 aromatic rings. The average Bonchev–Trinajstić information content (AvgIpc) is 4.01. The summed E-state index contributed by atoms with van der Waals surface area (Å²) in [6, 6.07) is 8.69. The SMILES string of the molecule is C/C=C/C.C=C.C=C(/C(O)=C\C)N1CCN(C2CCN(Cc3ccc(C)cc3C)CC2)C(CC)C1.C=C1C(C)=C(NC2CC2)C1O.CC.CO. The Morgan fingerprint density at radius 3 is 1.98 bits per heavy atom. The maximum absolute atomic E-state index is 10.0. The molecule has 0 spiro atoms. The summed E-state index contributed by atoms with van der Waals surface area (Å²) in [5.74, 6) is 0.313. The highest BCUT2D eigenvalue weighted by Gasteiger charge is 2.34. The first-order chi connectivity index (χ1) is 24.0. The van der Waals surface area contributed by atoms with Crippen LogP contribution in [0.5, 0.6) is 0 Å². The highest BCUT2D eigenvalue weighted by molar-refractivity contribution is 5.50. The van der Waals surface area contributed by atoms with Gasteiger partial charge in [0.1, 0.15) is 11.9 Å². The number of allylic oxidation sites excluding steroid dienone is 3. The summed E-state index contributed by atoms with van der Waals surface area (Å²) in [6.45, 7) is 38.8. The summed E-state index contributed by atoms with van der Waals surface area (Å²) < 4.78 is 0. The molecule has 2 unspecified atom stereocenters. The fraction of sp³-hybridized carbons (Fsp3) is 0.581. The van der Waals surface area contributed by atoms with Gasteiger partial charge in [0.15, 0.2) is 0 Å². The minimum absolute atomic E-state index is 0.313. The molecule has 1 aromatic carbocycles. The summed E-state index contributed by atoms with van der Waals surface area (Å²) >= 11 is 0. The summed E-state index contributed by atoms with van der Waals surface area (Å²) in [5, 5.41) is 29.7. The fourth-order valence-corrected chi connectivity index (χ4v) is 6.27. The molecule has 3 fully saturated rings. The van der Waals surface area contributed by atoms with E-state index in [1.165, 1.54) is 55.5 Å². The second kappa shape index (κ2) is 25.8. The second-order valence-corrected chi connectivity index (χ2v) is 12.9. The molecule has 2 aliphatic carbocycles. The van der Waals surface area contributed by atoms with Crippen LogP contribution in [-0.4, -0.2) is 94.1 Å².